The Morgan fingerprint density at radius 3 is 1.27 bits per heavy atom. The van der Waals surface area contributed by atoms with Crippen LogP contribution >= 0.6 is 0 Å². The highest BCUT2D eigenvalue weighted by Crippen LogP contribution is 2.14. The van der Waals surface area contributed by atoms with E-state index in [1.165, 1.54) is 51.4 Å². The van der Waals surface area contributed by atoms with Crippen LogP contribution in [0, 0.1) is 0 Å². The summed E-state index contributed by atoms with van der Waals surface area (Å²) < 4.78 is 0. The van der Waals surface area contributed by atoms with Crippen LogP contribution in [0.3, 0.4) is 0 Å². The van der Waals surface area contributed by atoms with Crippen LogP contribution in [0.15, 0.2) is 0 Å². The lowest BCUT2D eigenvalue weighted by Gasteiger charge is -2.13. The van der Waals surface area contributed by atoms with E-state index >= 15 is 0 Å². The molecule has 0 saturated carbocycles. The van der Waals surface area contributed by atoms with Crippen molar-refractivity contribution >= 4 is 11.9 Å². The van der Waals surface area contributed by atoms with Crippen molar-refractivity contribution in [1.29, 1.82) is 0 Å². The Kier molecular flexibility index (Phi) is 16.5. The van der Waals surface area contributed by atoms with Crippen LogP contribution in [0.1, 0.15) is 103 Å². The Hall–Kier alpha value is -1.14. The van der Waals surface area contributed by atoms with E-state index in [4.69, 9.17) is 15.3 Å². The second-order valence-corrected chi connectivity index (χ2v) is 7.23. The second-order valence-electron chi connectivity index (χ2n) is 7.23. The van der Waals surface area contributed by atoms with Gasteiger partial charge in [-0.05, 0) is 12.8 Å². The number of aliphatic hydroxyl groups excluding tert-OH is 2. The first-order chi connectivity index (χ1) is 12.4. The quantitative estimate of drug-likeness (QED) is 0.253. The maximum atomic E-state index is 10.5. The van der Waals surface area contributed by atoms with Gasteiger partial charge in [0.25, 0.3) is 0 Å². The second kappa shape index (κ2) is 17.3. The van der Waals surface area contributed by atoms with E-state index in [0.29, 0.717) is 12.8 Å². The highest BCUT2D eigenvalue weighted by atomic mass is 16.4. The van der Waals surface area contributed by atoms with Gasteiger partial charge in [-0.15, -0.1) is 0 Å². The summed E-state index contributed by atoms with van der Waals surface area (Å²) in [5.41, 5.74) is 0. The van der Waals surface area contributed by atoms with Gasteiger partial charge in [0.05, 0.1) is 6.10 Å². The fourth-order valence-electron chi connectivity index (χ4n) is 3.07. The minimum absolute atomic E-state index is 0.296. The molecule has 6 heteroatoms. The number of hydrogen-bond donors (Lipinski definition) is 4. The van der Waals surface area contributed by atoms with Crippen molar-refractivity contribution in [2.75, 3.05) is 0 Å². The van der Waals surface area contributed by atoms with Crippen molar-refractivity contribution in [3.05, 3.63) is 0 Å². The molecule has 0 aliphatic rings. The van der Waals surface area contributed by atoms with Gasteiger partial charge in [-0.2, -0.15) is 0 Å². The Bertz CT molecular complexity index is 358. The monoisotopic (exact) mass is 374 g/mol. The molecule has 2 atom stereocenters. The van der Waals surface area contributed by atoms with Gasteiger partial charge >= 0.3 is 11.9 Å². The van der Waals surface area contributed by atoms with Crippen molar-refractivity contribution < 1.29 is 30.0 Å². The highest BCUT2D eigenvalue weighted by Gasteiger charge is 2.22. The molecule has 0 aliphatic carbocycles. The molecule has 6 nitrogen and oxygen atoms in total. The lowest BCUT2D eigenvalue weighted by atomic mass is 10.0. The minimum Gasteiger partial charge on any atom is -0.481 e. The molecular formula is C20H38O6. The highest BCUT2D eigenvalue weighted by molar-refractivity contribution is 5.72. The molecule has 26 heavy (non-hydrogen) atoms. The number of aliphatic hydroxyl groups is 2. The summed E-state index contributed by atoms with van der Waals surface area (Å²) in [5.74, 6) is -2.06. The Balaban J connectivity index is 3.18. The van der Waals surface area contributed by atoms with Gasteiger partial charge in [-0.3, -0.25) is 4.79 Å². The molecule has 0 aliphatic heterocycles. The lowest BCUT2D eigenvalue weighted by Crippen LogP contribution is -2.33. The third-order valence-corrected chi connectivity index (χ3v) is 4.76. The number of rotatable bonds is 19. The number of carboxylic acids is 2. The first kappa shape index (κ1) is 24.9. The van der Waals surface area contributed by atoms with Gasteiger partial charge in [0, 0.05) is 6.42 Å². The molecular weight excluding hydrogens is 336 g/mol. The van der Waals surface area contributed by atoms with Crippen molar-refractivity contribution in [1.82, 2.24) is 0 Å². The van der Waals surface area contributed by atoms with Crippen molar-refractivity contribution in [2.24, 2.45) is 0 Å². The molecule has 0 aromatic heterocycles. The molecule has 0 spiro atoms. The summed E-state index contributed by atoms with van der Waals surface area (Å²) in [4.78, 5) is 20.9. The number of carbonyl (C=O) groups is 2. The topological polar surface area (TPSA) is 115 Å². The summed E-state index contributed by atoms with van der Waals surface area (Å²) in [5, 5.41) is 35.7. The van der Waals surface area contributed by atoms with Crippen LogP contribution in [0.25, 0.3) is 0 Å². The zero-order chi connectivity index (χ0) is 19.6. The molecule has 0 rings (SSSR count). The molecule has 0 amide bonds. The molecule has 0 aromatic rings. The normalized spacial score (nSPS) is 13.5. The maximum Gasteiger partial charge on any atom is 0.335 e. The molecule has 0 aromatic carbocycles. The Morgan fingerprint density at radius 2 is 0.923 bits per heavy atom. The number of unbranched alkanes of at least 4 members (excludes halogenated alkanes) is 13. The van der Waals surface area contributed by atoms with E-state index in [2.05, 4.69) is 0 Å². The summed E-state index contributed by atoms with van der Waals surface area (Å²) in [6.07, 6.45) is 13.5. The summed E-state index contributed by atoms with van der Waals surface area (Å²) in [7, 11) is 0. The molecule has 4 N–H and O–H groups in total. The Labute approximate surface area is 157 Å². The number of carboxylic acid groups (broad SMARTS) is 2. The zero-order valence-electron chi connectivity index (χ0n) is 16.1. The molecule has 154 valence electrons. The van der Waals surface area contributed by atoms with Crippen LogP contribution in [-0.4, -0.2) is 44.6 Å². The van der Waals surface area contributed by atoms with E-state index in [9.17, 15) is 14.7 Å². The third-order valence-electron chi connectivity index (χ3n) is 4.76. The van der Waals surface area contributed by atoms with Gasteiger partial charge < -0.3 is 20.4 Å². The van der Waals surface area contributed by atoms with Gasteiger partial charge in [-0.1, -0.05) is 83.5 Å². The van der Waals surface area contributed by atoms with Crippen molar-refractivity contribution in [2.45, 2.75) is 115 Å². The summed E-state index contributed by atoms with van der Waals surface area (Å²) >= 11 is 0. The summed E-state index contributed by atoms with van der Waals surface area (Å²) in [6, 6.07) is 0. The van der Waals surface area contributed by atoms with E-state index in [1.54, 1.807) is 0 Å². The van der Waals surface area contributed by atoms with E-state index < -0.39 is 24.1 Å². The van der Waals surface area contributed by atoms with Crippen LogP contribution < -0.4 is 0 Å². The van der Waals surface area contributed by atoms with Crippen LogP contribution in [0.2, 0.25) is 0 Å². The molecule has 0 bridgehead atoms. The fraction of sp³-hybridized carbons (Fsp3) is 0.900. The predicted octanol–water partition coefficient (Wildman–Crippen LogP) is 4.12. The van der Waals surface area contributed by atoms with Gasteiger partial charge in [0.1, 0.15) is 0 Å². The minimum atomic E-state index is -1.67. The van der Waals surface area contributed by atoms with Crippen LogP contribution in [0.4, 0.5) is 0 Å². The number of aliphatic carboxylic acids is 2. The number of hydrogen-bond acceptors (Lipinski definition) is 4. The molecule has 0 saturated heterocycles. The first-order valence-corrected chi connectivity index (χ1v) is 10.3. The van der Waals surface area contributed by atoms with E-state index in [-0.39, 0.29) is 0 Å². The van der Waals surface area contributed by atoms with Crippen molar-refractivity contribution in [3.63, 3.8) is 0 Å². The fourth-order valence-corrected chi connectivity index (χ4v) is 3.07. The molecule has 0 radical (unpaired) electrons. The summed E-state index contributed by atoms with van der Waals surface area (Å²) in [6.45, 7) is 0. The molecule has 2 unspecified atom stereocenters. The van der Waals surface area contributed by atoms with Gasteiger partial charge in [-0.25, -0.2) is 4.79 Å². The average Bonchev–Trinajstić information content (AvgIpc) is 2.60. The molecule has 0 heterocycles. The standard InChI is InChI=1S/C20H38O6/c21-17(19(24)20(25)26)15-13-11-9-7-5-3-1-2-4-6-8-10-12-14-16-18(22)23/h17,19,21,24H,1-16H2,(H,22,23)(H,25,26). The van der Waals surface area contributed by atoms with Gasteiger partial charge in [0.2, 0.25) is 0 Å². The van der Waals surface area contributed by atoms with E-state index in [0.717, 1.165) is 38.5 Å². The lowest BCUT2D eigenvalue weighted by molar-refractivity contribution is -0.153. The van der Waals surface area contributed by atoms with Crippen LogP contribution in [-0.2, 0) is 9.59 Å². The van der Waals surface area contributed by atoms with Crippen molar-refractivity contribution in [3.8, 4) is 0 Å². The van der Waals surface area contributed by atoms with Crippen LogP contribution in [0.5, 0.6) is 0 Å². The average molecular weight is 375 g/mol. The Morgan fingerprint density at radius 1 is 0.577 bits per heavy atom. The van der Waals surface area contributed by atoms with E-state index in [1.807, 2.05) is 0 Å². The predicted molar refractivity (Wildman–Crippen MR) is 101 cm³/mol. The van der Waals surface area contributed by atoms with Gasteiger partial charge in [0.15, 0.2) is 6.10 Å². The largest absolute Gasteiger partial charge is 0.481 e. The first-order valence-electron chi connectivity index (χ1n) is 10.3. The zero-order valence-corrected chi connectivity index (χ0v) is 16.1. The SMILES string of the molecule is O=C(O)CCCCCCCCCCCCCCCCC(O)C(O)C(=O)O. The molecule has 0 fully saturated rings. The third kappa shape index (κ3) is 16.3. The maximum absolute atomic E-state index is 10.5. The smallest absolute Gasteiger partial charge is 0.335 e.